The molecule has 2 aromatic heterocycles. The zero-order valence-electron chi connectivity index (χ0n) is 15.1. The average Bonchev–Trinajstić information content (AvgIpc) is 3.09. The largest absolute Gasteiger partial charge is 0.378 e. The van der Waals surface area contributed by atoms with Crippen molar-refractivity contribution in [1.29, 1.82) is 0 Å². The summed E-state index contributed by atoms with van der Waals surface area (Å²) in [6.07, 6.45) is 3.31. The lowest BCUT2D eigenvalue weighted by Gasteiger charge is -2.13. The molecule has 27 heavy (non-hydrogen) atoms. The number of benzene rings is 1. The van der Waals surface area contributed by atoms with E-state index in [-0.39, 0.29) is 18.2 Å². The molecule has 0 radical (unpaired) electrons. The smallest absolute Gasteiger partial charge is 0.251 e. The van der Waals surface area contributed by atoms with Crippen LogP contribution in [0.5, 0.6) is 0 Å². The highest BCUT2D eigenvalue weighted by Gasteiger charge is 2.13. The zero-order chi connectivity index (χ0) is 19.4. The normalized spacial score (nSPS) is 11.3. The Morgan fingerprint density at radius 3 is 2.78 bits per heavy atom. The van der Waals surface area contributed by atoms with E-state index in [2.05, 4.69) is 15.1 Å². The third-order valence-corrected chi connectivity index (χ3v) is 5.24. The second-order valence-corrected chi connectivity index (χ2v) is 8.08. The van der Waals surface area contributed by atoms with Crippen molar-refractivity contribution in [3.05, 3.63) is 60.4 Å². The molecule has 0 saturated carbocycles. The predicted octanol–water partition coefficient (Wildman–Crippen LogP) is 1.57. The molecule has 3 rings (SSSR count). The maximum absolute atomic E-state index is 12.2. The summed E-state index contributed by atoms with van der Waals surface area (Å²) in [6, 6.07) is 12.2. The molecule has 2 N–H and O–H groups in total. The first-order valence-corrected chi connectivity index (χ1v) is 9.99. The predicted molar refractivity (Wildman–Crippen MR) is 106 cm³/mol. The average molecular weight is 387 g/mol. The number of anilines is 2. The van der Waals surface area contributed by atoms with Crippen molar-refractivity contribution < 1.29 is 13.2 Å². The molecule has 1 amide bonds. The minimum absolute atomic E-state index is 0.00921. The quantitative estimate of drug-likeness (QED) is 0.642. The number of sulfonamides is 1. The summed E-state index contributed by atoms with van der Waals surface area (Å²) in [5.41, 5.74) is 2.61. The molecule has 0 aliphatic carbocycles. The Kier molecular flexibility index (Phi) is 5.31. The van der Waals surface area contributed by atoms with E-state index in [9.17, 15) is 13.2 Å². The number of rotatable bonds is 7. The first-order valence-electron chi connectivity index (χ1n) is 8.33. The van der Waals surface area contributed by atoms with Crippen molar-refractivity contribution in [2.75, 3.05) is 36.0 Å². The molecule has 142 valence electrons. The first kappa shape index (κ1) is 18.7. The Bertz CT molecular complexity index is 1060. The van der Waals surface area contributed by atoms with Crippen molar-refractivity contribution in [2.45, 2.75) is 0 Å². The molecule has 9 heteroatoms. The molecule has 8 nitrogen and oxygen atoms in total. The van der Waals surface area contributed by atoms with Gasteiger partial charge in [0.15, 0.2) is 0 Å². The summed E-state index contributed by atoms with van der Waals surface area (Å²) in [4.78, 5) is 14.1. The Morgan fingerprint density at radius 2 is 2.00 bits per heavy atom. The van der Waals surface area contributed by atoms with E-state index in [4.69, 9.17) is 0 Å². The molecular formula is C18H21N5O3S. The number of hydrogen-bond acceptors (Lipinski definition) is 5. The standard InChI is InChI=1S/C18H21N5O3S/c1-22(2)16-5-3-4-14(12-16)18(24)19-9-11-27(25,26)21-15-7-10-23-17(13-15)6-8-20-23/h3-8,10,12-13,21H,9,11H2,1-2H3,(H,19,24). The van der Waals surface area contributed by atoms with Crippen molar-refractivity contribution in [2.24, 2.45) is 0 Å². The number of hydrogen-bond donors (Lipinski definition) is 2. The summed E-state index contributed by atoms with van der Waals surface area (Å²) in [5.74, 6) is -0.536. The van der Waals surface area contributed by atoms with Crippen molar-refractivity contribution in [3.63, 3.8) is 0 Å². The van der Waals surface area contributed by atoms with Crippen LogP contribution >= 0.6 is 0 Å². The summed E-state index contributed by atoms with van der Waals surface area (Å²) < 4.78 is 28.6. The molecule has 0 unspecified atom stereocenters. The van der Waals surface area contributed by atoms with E-state index in [1.807, 2.05) is 25.1 Å². The van der Waals surface area contributed by atoms with Crippen LogP contribution in [0.15, 0.2) is 54.9 Å². The van der Waals surface area contributed by atoms with E-state index in [1.165, 1.54) is 0 Å². The van der Waals surface area contributed by atoms with Crippen LogP contribution in [0.3, 0.4) is 0 Å². The van der Waals surface area contributed by atoms with Crippen molar-refractivity contribution >= 4 is 32.8 Å². The number of aromatic nitrogens is 2. The summed E-state index contributed by atoms with van der Waals surface area (Å²) in [7, 11) is 0.183. The summed E-state index contributed by atoms with van der Waals surface area (Å²) >= 11 is 0. The van der Waals surface area contributed by atoms with Gasteiger partial charge in [-0.2, -0.15) is 5.10 Å². The second kappa shape index (κ2) is 7.67. The van der Waals surface area contributed by atoms with Crippen LogP contribution in [-0.4, -0.2) is 50.3 Å². The van der Waals surface area contributed by atoms with Gasteiger partial charge in [0.1, 0.15) is 0 Å². The second-order valence-electron chi connectivity index (χ2n) is 6.24. The monoisotopic (exact) mass is 387 g/mol. The molecule has 1 aromatic carbocycles. The molecule has 0 fully saturated rings. The molecule has 0 aliphatic heterocycles. The molecule has 2 heterocycles. The highest BCUT2D eigenvalue weighted by molar-refractivity contribution is 7.92. The Labute approximate surface area is 157 Å². The Balaban J connectivity index is 1.57. The van der Waals surface area contributed by atoms with Crippen LogP contribution in [0.4, 0.5) is 11.4 Å². The lowest BCUT2D eigenvalue weighted by atomic mass is 10.2. The van der Waals surface area contributed by atoms with Gasteiger partial charge in [0.05, 0.1) is 17.0 Å². The lowest BCUT2D eigenvalue weighted by molar-refractivity contribution is 0.0956. The van der Waals surface area contributed by atoms with Gasteiger partial charge in [-0.25, -0.2) is 12.9 Å². The third kappa shape index (κ3) is 4.76. The molecule has 3 aromatic rings. The number of pyridine rings is 1. The third-order valence-electron chi connectivity index (χ3n) is 3.95. The number of carbonyl (C=O) groups is 1. The highest BCUT2D eigenvalue weighted by Crippen LogP contribution is 2.14. The van der Waals surface area contributed by atoms with Crippen LogP contribution in [0.25, 0.3) is 5.52 Å². The van der Waals surface area contributed by atoms with Gasteiger partial charge >= 0.3 is 0 Å². The first-order chi connectivity index (χ1) is 12.8. The number of nitrogens with zero attached hydrogens (tertiary/aromatic N) is 3. The van der Waals surface area contributed by atoms with Crippen molar-refractivity contribution in [3.8, 4) is 0 Å². The van der Waals surface area contributed by atoms with E-state index >= 15 is 0 Å². The van der Waals surface area contributed by atoms with Gasteiger partial charge < -0.3 is 10.2 Å². The number of nitrogens with one attached hydrogen (secondary N) is 2. The zero-order valence-corrected chi connectivity index (χ0v) is 15.9. The Hall–Kier alpha value is -3.07. The molecule has 0 spiro atoms. The maximum atomic E-state index is 12.2. The van der Waals surface area contributed by atoms with Gasteiger partial charge in [-0.3, -0.25) is 9.52 Å². The van der Waals surface area contributed by atoms with Crippen LogP contribution in [0.2, 0.25) is 0 Å². The molecule has 0 aliphatic rings. The minimum atomic E-state index is -3.59. The van der Waals surface area contributed by atoms with Gasteiger partial charge in [0.25, 0.3) is 5.91 Å². The van der Waals surface area contributed by atoms with E-state index in [1.54, 1.807) is 53.3 Å². The lowest BCUT2D eigenvalue weighted by Crippen LogP contribution is -2.31. The van der Waals surface area contributed by atoms with Gasteiger partial charge in [0.2, 0.25) is 10.0 Å². The summed E-state index contributed by atoms with van der Waals surface area (Å²) in [6.45, 7) is 0.00921. The van der Waals surface area contributed by atoms with Gasteiger partial charge in [-0.1, -0.05) is 6.07 Å². The minimum Gasteiger partial charge on any atom is -0.378 e. The van der Waals surface area contributed by atoms with Crippen LogP contribution in [0.1, 0.15) is 10.4 Å². The fourth-order valence-corrected chi connectivity index (χ4v) is 3.50. The number of amides is 1. The van der Waals surface area contributed by atoms with Crippen LogP contribution < -0.4 is 14.9 Å². The SMILES string of the molecule is CN(C)c1cccc(C(=O)NCCS(=O)(=O)Nc2ccn3nccc3c2)c1. The summed E-state index contributed by atoms with van der Waals surface area (Å²) in [5, 5.41) is 6.70. The number of fused-ring (bicyclic) bond motifs is 1. The van der Waals surface area contributed by atoms with Gasteiger partial charge in [0, 0.05) is 44.3 Å². The highest BCUT2D eigenvalue weighted by atomic mass is 32.2. The molecule has 0 bridgehead atoms. The van der Waals surface area contributed by atoms with Crippen LogP contribution in [-0.2, 0) is 10.0 Å². The molecule has 0 atom stereocenters. The van der Waals surface area contributed by atoms with E-state index < -0.39 is 10.0 Å². The molecule has 0 saturated heterocycles. The molecular weight excluding hydrogens is 366 g/mol. The number of carbonyl (C=O) groups excluding carboxylic acids is 1. The Morgan fingerprint density at radius 1 is 1.19 bits per heavy atom. The maximum Gasteiger partial charge on any atom is 0.251 e. The van der Waals surface area contributed by atoms with Gasteiger partial charge in [-0.15, -0.1) is 0 Å². The topological polar surface area (TPSA) is 95.8 Å². The van der Waals surface area contributed by atoms with E-state index in [0.717, 1.165) is 11.2 Å². The van der Waals surface area contributed by atoms with Crippen LogP contribution in [0, 0.1) is 0 Å². The van der Waals surface area contributed by atoms with Crippen molar-refractivity contribution in [1.82, 2.24) is 14.9 Å². The fraction of sp³-hybridized carbons (Fsp3) is 0.222. The van der Waals surface area contributed by atoms with Gasteiger partial charge in [-0.05, 0) is 36.4 Å². The van der Waals surface area contributed by atoms with E-state index in [0.29, 0.717) is 11.3 Å². The fourth-order valence-electron chi connectivity index (χ4n) is 2.54.